The van der Waals surface area contributed by atoms with Crippen LogP contribution < -0.4 is 5.32 Å². The molecule has 3 rings (SSSR count). The number of ether oxygens (including phenoxy) is 2. The Morgan fingerprint density at radius 3 is 2.68 bits per heavy atom. The van der Waals surface area contributed by atoms with E-state index in [1.54, 1.807) is 26.4 Å². The molecular formula is C19H21ClN4O4. The normalized spacial score (nSPS) is 11.1. The first-order chi connectivity index (χ1) is 13.5. The third kappa shape index (κ3) is 4.24. The topological polar surface area (TPSA) is 98.0 Å². The number of aromatic nitrogens is 3. The van der Waals surface area contributed by atoms with E-state index in [0.29, 0.717) is 35.9 Å². The molecule has 8 nitrogen and oxygen atoms in total. The van der Waals surface area contributed by atoms with Gasteiger partial charge in [0.1, 0.15) is 5.56 Å². The number of nitrogens with zero attached hydrogens (tertiary/aromatic N) is 3. The van der Waals surface area contributed by atoms with Crippen LogP contribution in [0.25, 0.3) is 5.65 Å². The number of hydrogen-bond donors (Lipinski definition) is 2. The maximum Gasteiger partial charge on any atom is 0.256 e. The van der Waals surface area contributed by atoms with Gasteiger partial charge in [0, 0.05) is 37.8 Å². The molecule has 0 aliphatic carbocycles. The van der Waals surface area contributed by atoms with Crippen molar-refractivity contribution in [1.82, 2.24) is 19.9 Å². The number of rotatable bonds is 8. The SMILES string of the molecule is COCCNC(=O)c1cnn2c(O)c(Cc3ccc(Cl)cc3)c(COC)nc12. The van der Waals surface area contributed by atoms with Crippen molar-refractivity contribution < 1.29 is 19.4 Å². The molecule has 1 amide bonds. The Labute approximate surface area is 167 Å². The summed E-state index contributed by atoms with van der Waals surface area (Å²) in [6.07, 6.45) is 1.80. The summed E-state index contributed by atoms with van der Waals surface area (Å²) in [4.78, 5) is 16.9. The lowest BCUT2D eigenvalue weighted by molar-refractivity contribution is 0.0938. The summed E-state index contributed by atoms with van der Waals surface area (Å²) in [5.41, 5.74) is 2.59. The van der Waals surface area contributed by atoms with Gasteiger partial charge in [-0.1, -0.05) is 23.7 Å². The van der Waals surface area contributed by atoms with Crippen molar-refractivity contribution in [1.29, 1.82) is 0 Å². The molecule has 0 fully saturated rings. The van der Waals surface area contributed by atoms with E-state index < -0.39 is 0 Å². The molecule has 2 aromatic heterocycles. The Hall–Kier alpha value is -2.68. The van der Waals surface area contributed by atoms with E-state index >= 15 is 0 Å². The fourth-order valence-electron chi connectivity index (χ4n) is 2.82. The van der Waals surface area contributed by atoms with Crippen LogP contribution in [0.1, 0.15) is 27.2 Å². The van der Waals surface area contributed by atoms with Crippen molar-refractivity contribution in [3.8, 4) is 5.88 Å². The molecule has 1 aromatic carbocycles. The minimum Gasteiger partial charge on any atom is -0.493 e. The van der Waals surface area contributed by atoms with Crippen molar-refractivity contribution in [2.75, 3.05) is 27.4 Å². The third-order valence-electron chi connectivity index (χ3n) is 4.22. The van der Waals surface area contributed by atoms with E-state index in [4.69, 9.17) is 21.1 Å². The van der Waals surface area contributed by atoms with Gasteiger partial charge in [0.05, 0.1) is 25.1 Å². The Morgan fingerprint density at radius 1 is 1.25 bits per heavy atom. The maximum atomic E-state index is 12.4. The average molecular weight is 405 g/mol. The quantitative estimate of drug-likeness (QED) is 0.558. The zero-order valence-electron chi connectivity index (χ0n) is 15.6. The molecule has 148 valence electrons. The smallest absolute Gasteiger partial charge is 0.256 e. The van der Waals surface area contributed by atoms with Gasteiger partial charge in [-0.15, -0.1) is 0 Å². The summed E-state index contributed by atoms with van der Waals surface area (Å²) >= 11 is 5.94. The highest BCUT2D eigenvalue weighted by molar-refractivity contribution is 6.30. The highest BCUT2D eigenvalue weighted by Gasteiger charge is 2.21. The number of benzene rings is 1. The van der Waals surface area contributed by atoms with Crippen LogP contribution in [0.2, 0.25) is 5.02 Å². The van der Waals surface area contributed by atoms with Crippen LogP contribution in [0.15, 0.2) is 30.5 Å². The lowest BCUT2D eigenvalue weighted by Gasteiger charge is -2.12. The number of methoxy groups -OCH3 is 2. The number of nitrogens with one attached hydrogen (secondary N) is 1. The number of fused-ring (bicyclic) bond motifs is 1. The summed E-state index contributed by atoms with van der Waals surface area (Å²) in [5, 5.41) is 18.3. The Balaban J connectivity index is 2.00. The number of carbonyl (C=O) groups excluding carboxylic acids is 1. The predicted octanol–water partition coefficient (Wildman–Crippen LogP) is 2.20. The second-order valence-electron chi connectivity index (χ2n) is 6.14. The van der Waals surface area contributed by atoms with Crippen LogP contribution in [0.3, 0.4) is 0 Å². The van der Waals surface area contributed by atoms with E-state index in [2.05, 4.69) is 15.4 Å². The fraction of sp³-hybridized carbons (Fsp3) is 0.316. The molecular weight excluding hydrogens is 384 g/mol. The molecule has 0 radical (unpaired) electrons. The minimum atomic E-state index is -0.340. The summed E-state index contributed by atoms with van der Waals surface area (Å²) in [5.74, 6) is -0.421. The van der Waals surface area contributed by atoms with E-state index in [1.165, 1.54) is 10.7 Å². The molecule has 2 heterocycles. The summed E-state index contributed by atoms with van der Waals surface area (Å²) in [7, 11) is 3.10. The number of carbonyl (C=O) groups is 1. The van der Waals surface area contributed by atoms with Crippen molar-refractivity contribution in [3.05, 3.63) is 57.9 Å². The molecule has 3 aromatic rings. The van der Waals surface area contributed by atoms with Gasteiger partial charge < -0.3 is 19.9 Å². The standard InChI is InChI=1S/C19H21ClN4O4/c1-27-8-7-21-18(25)15-10-22-24-17(15)23-16(11-28-2)14(19(24)26)9-12-3-5-13(20)6-4-12/h3-6,10,26H,7-9,11H2,1-2H3,(H,21,25). The zero-order chi connectivity index (χ0) is 20.1. The molecule has 9 heteroatoms. The van der Waals surface area contributed by atoms with E-state index in [9.17, 15) is 9.90 Å². The third-order valence-corrected chi connectivity index (χ3v) is 4.47. The Bertz CT molecular complexity index is 972. The number of halogens is 1. The highest BCUT2D eigenvalue weighted by atomic mass is 35.5. The first-order valence-electron chi connectivity index (χ1n) is 8.64. The van der Waals surface area contributed by atoms with Crippen molar-refractivity contribution in [2.45, 2.75) is 13.0 Å². The van der Waals surface area contributed by atoms with Gasteiger partial charge in [0.2, 0.25) is 5.88 Å². The minimum absolute atomic E-state index is 0.0806. The zero-order valence-corrected chi connectivity index (χ0v) is 16.4. The lowest BCUT2D eigenvalue weighted by atomic mass is 10.0. The van der Waals surface area contributed by atoms with Crippen molar-refractivity contribution >= 4 is 23.2 Å². The predicted molar refractivity (Wildman–Crippen MR) is 104 cm³/mol. The molecule has 0 unspecified atom stereocenters. The van der Waals surface area contributed by atoms with E-state index in [1.807, 2.05) is 12.1 Å². The summed E-state index contributed by atoms with van der Waals surface area (Å²) in [6.45, 7) is 0.935. The van der Waals surface area contributed by atoms with Crippen LogP contribution in [-0.2, 0) is 22.5 Å². The van der Waals surface area contributed by atoms with Gasteiger partial charge in [-0.3, -0.25) is 4.79 Å². The van der Waals surface area contributed by atoms with Crippen LogP contribution in [0, 0.1) is 0 Å². The van der Waals surface area contributed by atoms with Gasteiger partial charge in [-0.2, -0.15) is 9.61 Å². The van der Waals surface area contributed by atoms with Gasteiger partial charge >= 0.3 is 0 Å². The molecule has 0 aliphatic heterocycles. The molecule has 0 spiro atoms. The first kappa shape index (κ1) is 20.1. The maximum absolute atomic E-state index is 12.4. The van der Waals surface area contributed by atoms with Gasteiger partial charge in [-0.05, 0) is 17.7 Å². The van der Waals surface area contributed by atoms with Crippen LogP contribution in [0.4, 0.5) is 0 Å². The molecule has 0 saturated heterocycles. The highest BCUT2D eigenvalue weighted by Crippen LogP contribution is 2.27. The Morgan fingerprint density at radius 2 is 2.00 bits per heavy atom. The largest absolute Gasteiger partial charge is 0.493 e. The van der Waals surface area contributed by atoms with Gasteiger partial charge in [0.15, 0.2) is 5.65 Å². The summed E-state index contributed by atoms with van der Waals surface area (Å²) < 4.78 is 11.4. The fourth-order valence-corrected chi connectivity index (χ4v) is 2.95. The second kappa shape index (κ2) is 9.01. The molecule has 0 atom stereocenters. The average Bonchev–Trinajstić information content (AvgIpc) is 3.11. The Kier molecular flexibility index (Phi) is 6.45. The molecule has 0 bridgehead atoms. The van der Waals surface area contributed by atoms with Gasteiger partial charge in [-0.25, -0.2) is 4.98 Å². The van der Waals surface area contributed by atoms with Gasteiger partial charge in [0.25, 0.3) is 5.91 Å². The number of hydrogen-bond acceptors (Lipinski definition) is 6. The molecule has 28 heavy (non-hydrogen) atoms. The van der Waals surface area contributed by atoms with Crippen LogP contribution in [-0.4, -0.2) is 53.0 Å². The number of aromatic hydroxyl groups is 1. The first-order valence-corrected chi connectivity index (χ1v) is 9.02. The monoisotopic (exact) mass is 404 g/mol. The molecule has 0 aliphatic rings. The summed E-state index contributed by atoms with van der Waals surface area (Å²) in [6, 6.07) is 7.32. The molecule has 0 saturated carbocycles. The van der Waals surface area contributed by atoms with E-state index in [-0.39, 0.29) is 29.6 Å². The lowest BCUT2D eigenvalue weighted by Crippen LogP contribution is -2.27. The molecule has 2 N–H and O–H groups in total. The number of amides is 1. The van der Waals surface area contributed by atoms with E-state index in [0.717, 1.165) is 5.56 Å². The second-order valence-corrected chi connectivity index (χ2v) is 6.58. The van der Waals surface area contributed by atoms with Crippen LogP contribution in [0.5, 0.6) is 5.88 Å². The van der Waals surface area contributed by atoms with Crippen molar-refractivity contribution in [3.63, 3.8) is 0 Å². The van der Waals surface area contributed by atoms with Crippen molar-refractivity contribution in [2.24, 2.45) is 0 Å². The van der Waals surface area contributed by atoms with Crippen LogP contribution >= 0.6 is 11.6 Å².